The lowest BCUT2D eigenvalue weighted by molar-refractivity contribution is -0.120. The molecule has 0 radical (unpaired) electrons. The van der Waals surface area contributed by atoms with Gasteiger partial charge in [-0.2, -0.15) is 0 Å². The smallest absolute Gasteiger partial charge is 0.282 e. The van der Waals surface area contributed by atoms with Crippen LogP contribution in [0.3, 0.4) is 0 Å². The quantitative estimate of drug-likeness (QED) is 0.550. The van der Waals surface area contributed by atoms with Crippen molar-refractivity contribution in [1.29, 1.82) is 0 Å². The molecule has 0 atom stereocenters. The summed E-state index contributed by atoms with van der Waals surface area (Å²) in [7, 11) is 0. The van der Waals surface area contributed by atoms with Gasteiger partial charge in [-0.05, 0) is 54.4 Å². The van der Waals surface area contributed by atoms with E-state index in [4.69, 9.17) is 4.74 Å². The summed E-state index contributed by atoms with van der Waals surface area (Å²) in [5.41, 5.74) is 1.78. The number of rotatable bonds is 7. The van der Waals surface area contributed by atoms with E-state index in [-0.39, 0.29) is 17.0 Å². The highest BCUT2D eigenvalue weighted by Crippen LogP contribution is 2.34. The number of carbonyl (C=O) groups is 2. The number of hydrogen-bond acceptors (Lipinski definition) is 4. The van der Waals surface area contributed by atoms with Crippen molar-refractivity contribution in [3.63, 3.8) is 0 Å². The zero-order valence-corrected chi connectivity index (χ0v) is 17.0. The molecular weight excluding hydrogens is 395 g/mol. The van der Waals surface area contributed by atoms with E-state index in [9.17, 15) is 14.0 Å². The predicted octanol–water partition coefficient (Wildman–Crippen LogP) is 5.01. The number of nitrogens with zero attached hydrogens (tertiary/aromatic N) is 1. The molecule has 1 N–H and O–H groups in total. The number of para-hydroxylation sites is 1. The van der Waals surface area contributed by atoms with Crippen LogP contribution in [-0.4, -0.2) is 18.4 Å². The molecule has 2 amide bonds. The average Bonchev–Trinajstić information content (AvgIpc) is 3.03. The standard InChI is InChI=1S/C25H21FN2O3/c1-2-15-31-21-13-11-17(12-14-21)22-23(27-19-8-4-3-5-9-19)25(30)28(24(22)29)20-10-6-7-18(26)16-20/h3-14,16,27H,2,15H2,1H3. The molecule has 1 aliphatic rings. The Morgan fingerprint density at radius 1 is 0.903 bits per heavy atom. The molecule has 0 aromatic heterocycles. The highest BCUT2D eigenvalue weighted by molar-refractivity contribution is 6.46. The van der Waals surface area contributed by atoms with Gasteiger partial charge in [0, 0.05) is 5.69 Å². The molecule has 31 heavy (non-hydrogen) atoms. The topological polar surface area (TPSA) is 58.6 Å². The van der Waals surface area contributed by atoms with Gasteiger partial charge in [-0.25, -0.2) is 9.29 Å². The first-order chi connectivity index (χ1) is 15.1. The zero-order chi connectivity index (χ0) is 21.8. The number of hydrogen-bond donors (Lipinski definition) is 1. The van der Waals surface area contributed by atoms with Gasteiger partial charge in [0.1, 0.15) is 17.3 Å². The molecule has 0 unspecified atom stereocenters. The van der Waals surface area contributed by atoms with E-state index in [1.54, 1.807) is 36.4 Å². The van der Waals surface area contributed by atoms with E-state index in [1.807, 2.05) is 25.1 Å². The molecule has 0 saturated carbocycles. The number of amides is 2. The van der Waals surface area contributed by atoms with Gasteiger partial charge in [0.2, 0.25) is 0 Å². The van der Waals surface area contributed by atoms with Crippen LogP contribution in [0.15, 0.2) is 84.6 Å². The van der Waals surface area contributed by atoms with Crippen LogP contribution in [0.25, 0.3) is 5.57 Å². The Morgan fingerprint density at radius 2 is 1.65 bits per heavy atom. The van der Waals surface area contributed by atoms with Gasteiger partial charge in [-0.3, -0.25) is 9.59 Å². The Hall–Kier alpha value is -3.93. The van der Waals surface area contributed by atoms with Crippen molar-refractivity contribution in [3.8, 4) is 5.75 Å². The van der Waals surface area contributed by atoms with Gasteiger partial charge in [-0.15, -0.1) is 0 Å². The van der Waals surface area contributed by atoms with Crippen LogP contribution in [0.4, 0.5) is 15.8 Å². The van der Waals surface area contributed by atoms with Crippen LogP contribution in [0.5, 0.6) is 5.75 Å². The van der Waals surface area contributed by atoms with Crippen molar-refractivity contribution in [2.75, 3.05) is 16.8 Å². The molecule has 3 aromatic carbocycles. The highest BCUT2D eigenvalue weighted by atomic mass is 19.1. The fraction of sp³-hybridized carbons (Fsp3) is 0.120. The normalized spacial score (nSPS) is 13.7. The molecule has 0 aliphatic carbocycles. The second-order valence-electron chi connectivity index (χ2n) is 7.04. The average molecular weight is 416 g/mol. The van der Waals surface area contributed by atoms with Gasteiger partial charge >= 0.3 is 0 Å². The third kappa shape index (κ3) is 4.19. The molecule has 0 spiro atoms. The van der Waals surface area contributed by atoms with Crippen LogP contribution >= 0.6 is 0 Å². The van der Waals surface area contributed by atoms with Crippen molar-refractivity contribution in [2.45, 2.75) is 13.3 Å². The molecule has 3 aromatic rings. The fourth-order valence-corrected chi connectivity index (χ4v) is 3.37. The molecule has 0 bridgehead atoms. The number of anilines is 2. The van der Waals surface area contributed by atoms with Crippen molar-refractivity contribution in [1.82, 2.24) is 0 Å². The lowest BCUT2D eigenvalue weighted by atomic mass is 10.0. The number of imide groups is 1. The highest BCUT2D eigenvalue weighted by Gasteiger charge is 2.40. The van der Waals surface area contributed by atoms with Gasteiger partial charge in [0.25, 0.3) is 11.8 Å². The summed E-state index contributed by atoms with van der Waals surface area (Å²) in [6.07, 6.45) is 0.883. The lowest BCUT2D eigenvalue weighted by Gasteiger charge is -2.15. The number of benzene rings is 3. The minimum absolute atomic E-state index is 0.141. The largest absolute Gasteiger partial charge is 0.494 e. The summed E-state index contributed by atoms with van der Waals surface area (Å²) in [4.78, 5) is 27.6. The Morgan fingerprint density at radius 3 is 2.32 bits per heavy atom. The van der Waals surface area contributed by atoms with Crippen molar-refractivity contribution in [3.05, 3.63) is 95.9 Å². The first-order valence-electron chi connectivity index (χ1n) is 10.0. The van der Waals surface area contributed by atoms with Crippen molar-refractivity contribution in [2.24, 2.45) is 0 Å². The summed E-state index contributed by atoms with van der Waals surface area (Å²) in [6.45, 7) is 2.61. The maximum absolute atomic E-state index is 13.8. The zero-order valence-electron chi connectivity index (χ0n) is 17.0. The van der Waals surface area contributed by atoms with Gasteiger partial charge in [0.15, 0.2) is 0 Å². The Bertz CT molecular complexity index is 1140. The molecule has 4 rings (SSSR count). The second-order valence-corrected chi connectivity index (χ2v) is 7.04. The molecule has 156 valence electrons. The van der Waals surface area contributed by atoms with E-state index in [0.717, 1.165) is 11.3 Å². The van der Waals surface area contributed by atoms with Gasteiger partial charge in [0.05, 0.1) is 17.9 Å². The number of nitrogens with one attached hydrogen (secondary N) is 1. The molecule has 0 fully saturated rings. The number of ether oxygens (including phenoxy) is 1. The first-order valence-corrected chi connectivity index (χ1v) is 10.0. The molecule has 5 nitrogen and oxygen atoms in total. The maximum atomic E-state index is 13.8. The molecule has 6 heteroatoms. The maximum Gasteiger partial charge on any atom is 0.282 e. The van der Waals surface area contributed by atoms with E-state index < -0.39 is 17.6 Å². The fourth-order valence-electron chi connectivity index (χ4n) is 3.37. The monoisotopic (exact) mass is 416 g/mol. The predicted molar refractivity (Wildman–Crippen MR) is 118 cm³/mol. The Kier molecular flexibility index (Phi) is 5.80. The van der Waals surface area contributed by atoms with E-state index in [0.29, 0.717) is 23.6 Å². The van der Waals surface area contributed by atoms with E-state index in [2.05, 4.69) is 5.32 Å². The molecule has 1 heterocycles. The molecular formula is C25H21FN2O3. The molecule has 0 saturated heterocycles. The number of carbonyl (C=O) groups excluding carboxylic acids is 2. The Balaban J connectivity index is 1.76. The third-order valence-electron chi connectivity index (χ3n) is 4.81. The van der Waals surface area contributed by atoms with Crippen molar-refractivity contribution >= 4 is 28.8 Å². The minimum Gasteiger partial charge on any atom is -0.494 e. The van der Waals surface area contributed by atoms with Crippen LogP contribution in [0, 0.1) is 5.82 Å². The summed E-state index contributed by atoms with van der Waals surface area (Å²) in [6, 6.07) is 21.6. The molecule has 1 aliphatic heterocycles. The number of halogens is 1. The lowest BCUT2D eigenvalue weighted by Crippen LogP contribution is -2.32. The van der Waals surface area contributed by atoms with Gasteiger partial charge < -0.3 is 10.1 Å². The second kappa shape index (κ2) is 8.83. The summed E-state index contributed by atoms with van der Waals surface area (Å²) >= 11 is 0. The van der Waals surface area contributed by atoms with Gasteiger partial charge in [-0.1, -0.05) is 43.3 Å². The summed E-state index contributed by atoms with van der Waals surface area (Å²) in [5, 5.41) is 3.08. The van der Waals surface area contributed by atoms with Crippen molar-refractivity contribution < 1.29 is 18.7 Å². The summed E-state index contributed by atoms with van der Waals surface area (Å²) in [5.74, 6) is -0.902. The van der Waals surface area contributed by atoms with Crippen LogP contribution < -0.4 is 15.0 Å². The van der Waals surface area contributed by atoms with E-state index >= 15 is 0 Å². The minimum atomic E-state index is -0.541. The SMILES string of the molecule is CCCOc1ccc(C2=C(Nc3ccccc3)C(=O)N(c3cccc(F)c3)C2=O)cc1. The summed E-state index contributed by atoms with van der Waals surface area (Å²) < 4.78 is 19.4. The van der Waals surface area contributed by atoms with Crippen LogP contribution in [-0.2, 0) is 9.59 Å². The third-order valence-corrected chi connectivity index (χ3v) is 4.81. The van der Waals surface area contributed by atoms with Crippen LogP contribution in [0.1, 0.15) is 18.9 Å². The van der Waals surface area contributed by atoms with E-state index in [1.165, 1.54) is 24.3 Å². The first kappa shape index (κ1) is 20.3. The van der Waals surface area contributed by atoms with Crippen LogP contribution in [0.2, 0.25) is 0 Å². The Labute approximate surface area is 179 Å².